The van der Waals surface area contributed by atoms with E-state index in [1.807, 2.05) is 19.1 Å². The van der Waals surface area contributed by atoms with E-state index in [-0.39, 0.29) is 11.9 Å². The second kappa shape index (κ2) is 5.19. The molecule has 1 heterocycles. The van der Waals surface area contributed by atoms with Gasteiger partial charge in [-0.25, -0.2) is 0 Å². The standard InChI is InChI=1S/C13H17NO3/c1-9-7-10(3-4-12(9)16-2)13(15)14-11-5-6-17-8-11/h3-4,7,11H,5-6,8H2,1-2H3,(H,14,15). The Morgan fingerprint density at radius 3 is 2.94 bits per heavy atom. The van der Waals surface area contributed by atoms with Crippen LogP contribution in [0.4, 0.5) is 0 Å². The molecular formula is C13H17NO3. The summed E-state index contributed by atoms with van der Waals surface area (Å²) in [6.45, 7) is 3.27. The smallest absolute Gasteiger partial charge is 0.251 e. The van der Waals surface area contributed by atoms with Gasteiger partial charge in [0.25, 0.3) is 5.91 Å². The van der Waals surface area contributed by atoms with Gasteiger partial charge in [-0.15, -0.1) is 0 Å². The van der Waals surface area contributed by atoms with E-state index in [1.165, 1.54) is 0 Å². The maximum absolute atomic E-state index is 11.9. The van der Waals surface area contributed by atoms with E-state index in [2.05, 4.69) is 5.32 Å². The maximum atomic E-state index is 11.9. The SMILES string of the molecule is COc1ccc(C(=O)NC2CCOC2)cc1C. The zero-order valence-electron chi connectivity index (χ0n) is 10.2. The number of carbonyl (C=O) groups excluding carboxylic acids is 1. The van der Waals surface area contributed by atoms with Crippen molar-refractivity contribution >= 4 is 5.91 Å². The Bertz CT molecular complexity index is 411. The van der Waals surface area contributed by atoms with Crippen LogP contribution in [0.25, 0.3) is 0 Å². The summed E-state index contributed by atoms with van der Waals surface area (Å²) < 4.78 is 10.4. The summed E-state index contributed by atoms with van der Waals surface area (Å²) >= 11 is 0. The van der Waals surface area contributed by atoms with Gasteiger partial charge in [-0.1, -0.05) is 0 Å². The number of carbonyl (C=O) groups is 1. The van der Waals surface area contributed by atoms with E-state index >= 15 is 0 Å². The number of hydrogen-bond acceptors (Lipinski definition) is 3. The largest absolute Gasteiger partial charge is 0.496 e. The highest BCUT2D eigenvalue weighted by atomic mass is 16.5. The molecular weight excluding hydrogens is 218 g/mol. The number of aryl methyl sites for hydroxylation is 1. The van der Waals surface area contributed by atoms with Crippen LogP contribution in [-0.2, 0) is 4.74 Å². The molecule has 1 fully saturated rings. The van der Waals surface area contributed by atoms with Crippen molar-refractivity contribution in [2.45, 2.75) is 19.4 Å². The zero-order valence-corrected chi connectivity index (χ0v) is 10.2. The second-order valence-electron chi connectivity index (χ2n) is 4.22. The van der Waals surface area contributed by atoms with Crippen molar-refractivity contribution in [1.82, 2.24) is 5.32 Å². The Morgan fingerprint density at radius 1 is 1.53 bits per heavy atom. The van der Waals surface area contributed by atoms with Crippen LogP contribution in [-0.4, -0.2) is 32.3 Å². The summed E-state index contributed by atoms with van der Waals surface area (Å²) in [7, 11) is 1.62. The lowest BCUT2D eigenvalue weighted by atomic mass is 10.1. The van der Waals surface area contributed by atoms with Crippen molar-refractivity contribution in [3.8, 4) is 5.75 Å². The van der Waals surface area contributed by atoms with Crippen LogP contribution >= 0.6 is 0 Å². The van der Waals surface area contributed by atoms with Crippen LogP contribution in [0.15, 0.2) is 18.2 Å². The highest BCUT2D eigenvalue weighted by Gasteiger charge is 2.18. The van der Waals surface area contributed by atoms with E-state index in [4.69, 9.17) is 9.47 Å². The fourth-order valence-corrected chi connectivity index (χ4v) is 1.94. The van der Waals surface area contributed by atoms with Crippen LogP contribution in [0.2, 0.25) is 0 Å². The molecule has 1 aromatic rings. The predicted molar refractivity (Wildman–Crippen MR) is 64.4 cm³/mol. The van der Waals surface area contributed by atoms with Gasteiger partial charge in [-0.05, 0) is 37.1 Å². The lowest BCUT2D eigenvalue weighted by molar-refractivity contribution is 0.0930. The first-order valence-corrected chi connectivity index (χ1v) is 5.74. The molecule has 1 atom stereocenters. The molecule has 2 rings (SSSR count). The van der Waals surface area contributed by atoms with Gasteiger partial charge in [0.2, 0.25) is 0 Å². The van der Waals surface area contributed by atoms with Crippen molar-refractivity contribution in [2.24, 2.45) is 0 Å². The van der Waals surface area contributed by atoms with Crippen molar-refractivity contribution in [2.75, 3.05) is 20.3 Å². The van der Waals surface area contributed by atoms with Crippen molar-refractivity contribution in [3.63, 3.8) is 0 Å². The fourth-order valence-electron chi connectivity index (χ4n) is 1.94. The summed E-state index contributed by atoms with van der Waals surface area (Å²) in [5.41, 5.74) is 1.62. The minimum atomic E-state index is -0.0498. The number of ether oxygens (including phenoxy) is 2. The molecule has 1 aliphatic heterocycles. The van der Waals surface area contributed by atoms with Gasteiger partial charge < -0.3 is 14.8 Å². The molecule has 1 amide bonds. The molecule has 92 valence electrons. The Kier molecular flexibility index (Phi) is 3.64. The molecule has 0 saturated carbocycles. The molecule has 0 spiro atoms. The van der Waals surface area contributed by atoms with E-state index in [1.54, 1.807) is 13.2 Å². The topological polar surface area (TPSA) is 47.6 Å². The highest BCUT2D eigenvalue weighted by molar-refractivity contribution is 5.94. The van der Waals surface area contributed by atoms with Gasteiger partial charge in [-0.3, -0.25) is 4.79 Å². The van der Waals surface area contributed by atoms with Gasteiger partial charge in [-0.2, -0.15) is 0 Å². The summed E-state index contributed by atoms with van der Waals surface area (Å²) in [4.78, 5) is 11.9. The lowest BCUT2D eigenvalue weighted by Crippen LogP contribution is -2.35. The molecule has 4 heteroatoms. The molecule has 1 unspecified atom stereocenters. The average Bonchev–Trinajstić information content (AvgIpc) is 2.81. The molecule has 1 aromatic carbocycles. The fraction of sp³-hybridized carbons (Fsp3) is 0.462. The molecule has 1 N–H and O–H groups in total. The first-order valence-electron chi connectivity index (χ1n) is 5.74. The van der Waals surface area contributed by atoms with E-state index in [9.17, 15) is 4.79 Å². The molecule has 0 bridgehead atoms. The number of methoxy groups -OCH3 is 1. The van der Waals surface area contributed by atoms with Gasteiger partial charge in [0.05, 0.1) is 19.8 Å². The predicted octanol–water partition coefficient (Wildman–Crippen LogP) is 1.52. The quantitative estimate of drug-likeness (QED) is 0.864. The van der Waals surface area contributed by atoms with Gasteiger partial charge in [0.15, 0.2) is 0 Å². The number of hydrogen-bond donors (Lipinski definition) is 1. The number of benzene rings is 1. The van der Waals surface area contributed by atoms with Gasteiger partial charge in [0.1, 0.15) is 5.75 Å². The van der Waals surface area contributed by atoms with E-state index in [0.29, 0.717) is 12.2 Å². The van der Waals surface area contributed by atoms with Gasteiger partial charge in [0, 0.05) is 12.2 Å². The summed E-state index contributed by atoms with van der Waals surface area (Å²) in [6, 6.07) is 5.57. The molecule has 0 aromatic heterocycles. The number of rotatable bonds is 3. The van der Waals surface area contributed by atoms with Crippen LogP contribution in [0.1, 0.15) is 22.3 Å². The zero-order chi connectivity index (χ0) is 12.3. The Morgan fingerprint density at radius 2 is 2.35 bits per heavy atom. The third-order valence-corrected chi connectivity index (χ3v) is 2.92. The second-order valence-corrected chi connectivity index (χ2v) is 4.22. The summed E-state index contributed by atoms with van der Waals surface area (Å²) in [5.74, 6) is 0.747. The van der Waals surface area contributed by atoms with Crippen molar-refractivity contribution < 1.29 is 14.3 Å². The van der Waals surface area contributed by atoms with Crippen molar-refractivity contribution in [3.05, 3.63) is 29.3 Å². The Balaban J connectivity index is 2.05. The lowest BCUT2D eigenvalue weighted by Gasteiger charge is -2.12. The molecule has 1 saturated heterocycles. The Hall–Kier alpha value is -1.55. The molecule has 17 heavy (non-hydrogen) atoms. The molecule has 0 aliphatic carbocycles. The Labute approximate surface area is 101 Å². The summed E-state index contributed by atoms with van der Waals surface area (Å²) in [6.07, 6.45) is 0.890. The van der Waals surface area contributed by atoms with Crippen LogP contribution in [0, 0.1) is 6.92 Å². The molecule has 4 nitrogen and oxygen atoms in total. The van der Waals surface area contributed by atoms with Crippen LogP contribution < -0.4 is 10.1 Å². The van der Waals surface area contributed by atoms with Crippen LogP contribution in [0.5, 0.6) is 5.75 Å². The number of amides is 1. The first-order chi connectivity index (χ1) is 8.20. The number of nitrogens with one attached hydrogen (secondary N) is 1. The van der Waals surface area contributed by atoms with Crippen molar-refractivity contribution in [1.29, 1.82) is 0 Å². The monoisotopic (exact) mass is 235 g/mol. The third kappa shape index (κ3) is 2.77. The van der Waals surface area contributed by atoms with E-state index < -0.39 is 0 Å². The first kappa shape index (κ1) is 11.9. The van der Waals surface area contributed by atoms with E-state index in [0.717, 1.165) is 24.3 Å². The van der Waals surface area contributed by atoms with Crippen LogP contribution in [0.3, 0.4) is 0 Å². The minimum absolute atomic E-state index is 0.0498. The summed E-state index contributed by atoms with van der Waals surface area (Å²) in [5, 5.41) is 2.96. The maximum Gasteiger partial charge on any atom is 0.251 e. The average molecular weight is 235 g/mol. The molecule has 0 radical (unpaired) electrons. The molecule has 1 aliphatic rings. The van der Waals surface area contributed by atoms with Gasteiger partial charge >= 0.3 is 0 Å². The highest BCUT2D eigenvalue weighted by Crippen LogP contribution is 2.18. The minimum Gasteiger partial charge on any atom is -0.496 e. The normalized spacial score (nSPS) is 19.1. The third-order valence-electron chi connectivity index (χ3n) is 2.92.